The average molecular weight is 331 g/mol. The lowest BCUT2D eigenvalue weighted by atomic mass is 10.1. The van der Waals surface area contributed by atoms with Crippen molar-refractivity contribution in [3.63, 3.8) is 0 Å². The highest BCUT2D eigenvalue weighted by Gasteiger charge is 2.31. The molecule has 120 valence electrons. The summed E-state index contributed by atoms with van der Waals surface area (Å²) in [7, 11) is 0. The zero-order valence-corrected chi connectivity index (χ0v) is 12.8. The predicted octanol–water partition coefficient (Wildman–Crippen LogP) is 3.33. The van der Waals surface area contributed by atoms with E-state index in [0.29, 0.717) is 30.8 Å². The molecule has 0 saturated carbocycles. The van der Waals surface area contributed by atoms with Gasteiger partial charge in [-0.25, -0.2) is 0 Å². The molecule has 0 bridgehead atoms. The number of amides is 1. The van der Waals surface area contributed by atoms with Crippen molar-refractivity contribution in [1.82, 2.24) is 4.90 Å². The van der Waals surface area contributed by atoms with E-state index in [1.165, 1.54) is 30.8 Å². The Morgan fingerprint density at radius 2 is 1.95 bits per heavy atom. The maximum Gasteiger partial charge on any atom is 0.416 e. The Bertz CT molecular complexity index is 557. The summed E-state index contributed by atoms with van der Waals surface area (Å²) in [5.41, 5.74) is -0.0269. The van der Waals surface area contributed by atoms with Gasteiger partial charge in [0.2, 0.25) is 5.91 Å². The van der Waals surface area contributed by atoms with Gasteiger partial charge in [0.1, 0.15) is 0 Å². The highest BCUT2D eigenvalue weighted by molar-refractivity contribution is 8.13. The Labute approximate surface area is 130 Å². The molecule has 1 heterocycles. The van der Waals surface area contributed by atoms with Crippen LogP contribution in [0.3, 0.4) is 0 Å². The smallest absolute Gasteiger partial charge is 0.338 e. The maximum absolute atomic E-state index is 12.5. The summed E-state index contributed by atoms with van der Waals surface area (Å²) < 4.78 is 37.5. The zero-order valence-electron chi connectivity index (χ0n) is 12.0. The van der Waals surface area contributed by atoms with Gasteiger partial charge in [0.15, 0.2) is 5.12 Å². The summed E-state index contributed by atoms with van der Waals surface area (Å²) in [5.74, 6) is 0.704. The fourth-order valence-corrected chi connectivity index (χ4v) is 3.07. The standard InChI is InChI=1S/C15H16F3NO2S/c1-10(20)22-9-12-6-14(21)19(8-12)7-11-2-4-13(5-3-11)15(16,17)18/h2-5,12H,6-9H2,1H3. The number of thioether (sulfide) groups is 1. The van der Waals surface area contributed by atoms with Crippen LogP contribution in [0, 0.1) is 5.92 Å². The summed E-state index contributed by atoms with van der Waals surface area (Å²) in [5, 5.41) is 0.0219. The van der Waals surface area contributed by atoms with Gasteiger partial charge in [-0.15, -0.1) is 0 Å². The quantitative estimate of drug-likeness (QED) is 0.849. The lowest BCUT2D eigenvalue weighted by Crippen LogP contribution is -2.24. The molecule has 0 radical (unpaired) electrons. The van der Waals surface area contributed by atoms with E-state index in [0.717, 1.165) is 12.1 Å². The highest BCUT2D eigenvalue weighted by Crippen LogP contribution is 2.30. The lowest BCUT2D eigenvalue weighted by molar-refractivity contribution is -0.137. The topological polar surface area (TPSA) is 37.4 Å². The predicted molar refractivity (Wildman–Crippen MR) is 78.1 cm³/mol. The van der Waals surface area contributed by atoms with Crippen molar-refractivity contribution < 1.29 is 22.8 Å². The van der Waals surface area contributed by atoms with Crippen LogP contribution in [-0.4, -0.2) is 28.2 Å². The van der Waals surface area contributed by atoms with Crippen molar-refractivity contribution >= 4 is 22.8 Å². The van der Waals surface area contributed by atoms with Crippen LogP contribution in [0.2, 0.25) is 0 Å². The summed E-state index contributed by atoms with van der Waals surface area (Å²) in [4.78, 5) is 24.5. The van der Waals surface area contributed by atoms with Gasteiger partial charge >= 0.3 is 6.18 Å². The molecule has 1 aromatic carbocycles. The van der Waals surface area contributed by atoms with E-state index in [9.17, 15) is 22.8 Å². The van der Waals surface area contributed by atoms with E-state index in [1.807, 2.05) is 0 Å². The third-order valence-electron chi connectivity index (χ3n) is 3.47. The first-order valence-corrected chi connectivity index (χ1v) is 7.81. The van der Waals surface area contributed by atoms with Gasteiger partial charge in [-0.2, -0.15) is 13.2 Å². The number of carbonyl (C=O) groups excluding carboxylic acids is 2. The minimum atomic E-state index is -4.35. The number of likely N-dealkylation sites (tertiary alicyclic amines) is 1. The summed E-state index contributed by atoms with van der Waals surface area (Å²) in [6, 6.07) is 4.85. The molecular formula is C15H16F3NO2S. The molecule has 1 atom stereocenters. The van der Waals surface area contributed by atoms with Gasteiger partial charge in [-0.05, 0) is 23.6 Å². The first-order chi connectivity index (χ1) is 10.3. The van der Waals surface area contributed by atoms with Crippen LogP contribution >= 0.6 is 11.8 Å². The maximum atomic E-state index is 12.5. The molecule has 1 saturated heterocycles. The largest absolute Gasteiger partial charge is 0.416 e. The van der Waals surface area contributed by atoms with Crippen LogP contribution in [-0.2, 0) is 22.3 Å². The minimum absolute atomic E-state index is 0.0194. The van der Waals surface area contributed by atoms with E-state index in [4.69, 9.17) is 0 Å². The molecule has 3 nitrogen and oxygen atoms in total. The van der Waals surface area contributed by atoms with Crippen LogP contribution in [0.4, 0.5) is 13.2 Å². The molecule has 0 aromatic heterocycles. The molecular weight excluding hydrogens is 315 g/mol. The average Bonchev–Trinajstić information content (AvgIpc) is 2.77. The molecule has 1 aliphatic heterocycles. The van der Waals surface area contributed by atoms with Gasteiger partial charge in [0, 0.05) is 32.2 Å². The van der Waals surface area contributed by atoms with Crippen LogP contribution in [0.1, 0.15) is 24.5 Å². The fraction of sp³-hybridized carbons (Fsp3) is 0.467. The second-order valence-electron chi connectivity index (χ2n) is 5.34. The number of alkyl halides is 3. The molecule has 1 amide bonds. The monoisotopic (exact) mass is 331 g/mol. The molecule has 0 aliphatic carbocycles. The van der Waals surface area contributed by atoms with Crippen molar-refractivity contribution in [2.24, 2.45) is 5.92 Å². The van der Waals surface area contributed by atoms with Crippen molar-refractivity contribution in [2.45, 2.75) is 26.1 Å². The molecule has 1 unspecified atom stereocenters. The Morgan fingerprint density at radius 3 is 2.50 bits per heavy atom. The normalized spacial score (nSPS) is 18.8. The molecule has 2 rings (SSSR count). The van der Waals surface area contributed by atoms with Gasteiger partial charge in [-0.3, -0.25) is 9.59 Å². The van der Waals surface area contributed by atoms with E-state index < -0.39 is 11.7 Å². The third-order valence-corrected chi connectivity index (χ3v) is 4.52. The Hall–Kier alpha value is -1.50. The fourth-order valence-electron chi connectivity index (χ4n) is 2.37. The number of carbonyl (C=O) groups is 2. The number of nitrogens with zero attached hydrogens (tertiary/aromatic N) is 1. The minimum Gasteiger partial charge on any atom is -0.338 e. The summed E-state index contributed by atoms with van der Waals surface area (Å²) in [6.07, 6.45) is -3.96. The molecule has 1 aliphatic rings. The summed E-state index contributed by atoms with van der Waals surface area (Å²) >= 11 is 1.20. The number of benzene rings is 1. The third kappa shape index (κ3) is 4.50. The number of rotatable bonds is 4. The van der Waals surface area contributed by atoms with E-state index >= 15 is 0 Å². The van der Waals surface area contributed by atoms with Crippen molar-refractivity contribution in [2.75, 3.05) is 12.3 Å². The van der Waals surface area contributed by atoms with Crippen LogP contribution < -0.4 is 0 Å². The van der Waals surface area contributed by atoms with Gasteiger partial charge in [-0.1, -0.05) is 23.9 Å². The van der Waals surface area contributed by atoms with E-state index in [2.05, 4.69) is 0 Å². The second kappa shape index (κ2) is 6.73. The Balaban J connectivity index is 1.93. The number of hydrogen-bond donors (Lipinski definition) is 0. The second-order valence-corrected chi connectivity index (χ2v) is 6.54. The van der Waals surface area contributed by atoms with Crippen LogP contribution in [0.25, 0.3) is 0 Å². The molecule has 22 heavy (non-hydrogen) atoms. The van der Waals surface area contributed by atoms with E-state index in [-0.39, 0.29) is 16.9 Å². The molecule has 1 aromatic rings. The first kappa shape index (κ1) is 16.9. The molecule has 1 fully saturated rings. The number of halogens is 3. The van der Waals surface area contributed by atoms with Crippen molar-refractivity contribution in [1.29, 1.82) is 0 Å². The zero-order chi connectivity index (χ0) is 16.3. The Morgan fingerprint density at radius 1 is 1.32 bits per heavy atom. The van der Waals surface area contributed by atoms with Crippen LogP contribution in [0.15, 0.2) is 24.3 Å². The summed E-state index contributed by atoms with van der Waals surface area (Å²) in [6.45, 7) is 2.33. The van der Waals surface area contributed by atoms with Gasteiger partial charge < -0.3 is 4.90 Å². The molecule has 0 spiro atoms. The SMILES string of the molecule is CC(=O)SCC1CC(=O)N(Cc2ccc(C(F)(F)F)cc2)C1. The lowest BCUT2D eigenvalue weighted by Gasteiger charge is -2.17. The first-order valence-electron chi connectivity index (χ1n) is 6.83. The van der Waals surface area contributed by atoms with Crippen LogP contribution in [0.5, 0.6) is 0 Å². The molecule has 0 N–H and O–H groups in total. The molecule has 7 heteroatoms. The van der Waals surface area contributed by atoms with Gasteiger partial charge in [0.05, 0.1) is 5.56 Å². The van der Waals surface area contributed by atoms with Gasteiger partial charge in [0.25, 0.3) is 0 Å². The Kier molecular flexibility index (Phi) is 5.16. The number of hydrogen-bond acceptors (Lipinski definition) is 3. The van der Waals surface area contributed by atoms with E-state index in [1.54, 1.807) is 4.90 Å². The van der Waals surface area contributed by atoms with Crippen molar-refractivity contribution in [3.8, 4) is 0 Å². The highest BCUT2D eigenvalue weighted by atomic mass is 32.2. The van der Waals surface area contributed by atoms with Crippen molar-refractivity contribution in [3.05, 3.63) is 35.4 Å².